The van der Waals surface area contributed by atoms with Crippen molar-refractivity contribution >= 4 is 32.6 Å². The van der Waals surface area contributed by atoms with Crippen LogP contribution in [0.15, 0.2) is 164 Å². The number of rotatable bonds is 5. The van der Waals surface area contributed by atoms with E-state index in [4.69, 9.17) is 15.0 Å². The van der Waals surface area contributed by atoms with E-state index in [-0.39, 0.29) is 0 Å². The van der Waals surface area contributed by atoms with Crippen LogP contribution in [0.5, 0.6) is 0 Å². The van der Waals surface area contributed by atoms with Gasteiger partial charge in [-0.25, -0.2) is 15.0 Å². The SMILES string of the molecule is N#Cc1ccc2c(c1)c1cc(-c3ccc(-c4nc(-c5ccccc5)nc(-c5ccccc5)n4)cc3)ccc1n2-c1cccc2ccccc12. The molecule has 7 aromatic carbocycles. The molecule has 2 heterocycles. The zero-order valence-corrected chi connectivity index (χ0v) is 26.3. The molecule has 0 radical (unpaired) electrons. The molecule has 5 nitrogen and oxygen atoms in total. The van der Waals surface area contributed by atoms with Crippen molar-refractivity contribution in [3.05, 3.63) is 169 Å². The Morgan fingerprint density at radius 3 is 1.57 bits per heavy atom. The molecular formula is C44H27N5. The number of nitriles is 1. The van der Waals surface area contributed by atoms with Gasteiger partial charge in [0, 0.05) is 32.8 Å². The Bertz CT molecular complexity index is 2640. The summed E-state index contributed by atoms with van der Waals surface area (Å²) in [5.74, 6) is 1.90. The van der Waals surface area contributed by atoms with Crippen LogP contribution < -0.4 is 0 Å². The Balaban J connectivity index is 1.16. The van der Waals surface area contributed by atoms with Crippen molar-refractivity contribution < 1.29 is 0 Å². The molecule has 0 saturated heterocycles. The highest BCUT2D eigenvalue weighted by Gasteiger charge is 2.17. The summed E-state index contributed by atoms with van der Waals surface area (Å²) in [5.41, 5.74) is 8.87. The molecule has 9 rings (SSSR count). The lowest BCUT2D eigenvalue weighted by Gasteiger charge is -2.12. The van der Waals surface area contributed by atoms with Crippen LogP contribution in [-0.2, 0) is 0 Å². The average molecular weight is 626 g/mol. The highest BCUT2D eigenvalue weighted by Crippen LogP contribution is 2.37. The number of benzene rings is 7. The van der Waals surface area contributed by atoms with Crippen LogP contribution in [0.25, 0.3) is 83.6 Å². The van der Waals surface area contributed by atoms with Crippen molar-refractivity contribution in [1.82, 2.24) is 19.5 Å². The van der Waals surface area contributed by atoms with E-state index in [1.54, 1.807) is 0 Å². The van der Waals surface area contributed by atoms with Crippen LogP contribution in [0.3, 0.4) is 0 Å². The van der Waals surface area contributed by atoms with Crippen molar-refractivity contribution in [3.8, 4) is 57.0 Å². The molecule has 5 heteroatoms. The van der Waals surface area contributed by atoms with Crippen LogP contribution in [0.4, 0.5) is 0 Å². The van der Waals surface area contributed by atoms with E-state index in [0.29, 0.717) is 23.0 Å². The van der Waals surface area contributed by atoms with Gasteiger partial charge in [-0.05, 0) is 52.9 Å². The molecule has 2 aromatic heterocycles. The van der Waals surface area contributed by atoms with Crippen LogP contribution in [0, 0.1) is 11.3 Å². The molecule has 0 aliphatic carbocycles. The van der Waals surface area contributed by atoms with Gasteiger partial charge in [0.1, 0.15) is 0 Å². The zero-order valence-electron chi connectivity index (χ0n) is 26.3. The largest absolute Gasteiger partial charge is 0.309 e. The second-order valence-electron chi connectivity index (χ2n) is 12.0. The van der Waals surface area contributed by atoms with Gasteiger partial charge in [0.05, 0.1) is 28.4 Å². The number of fused-ring (bicyclic) bond motifs is 4. The minimum Gasteiger partial charge on any atom is -0.309 e. The Hall–Kier alpha value is -6.90. The second kappa shape index (κ2) is 11.7. The summed E-state index contributed by atoms with van der Waals surface area (Å²) < 4.78 is 2.32. The standard InChI is InChI=1S/C44H27N5/c45-28-29-18-24-40-37(26-29)38-27-35(23-25-41(38)49(40)39-17-9-15-31-10-7-8-16-36(31)39)30-19-21-34(22-20-30)44-47-42(32-11-3-1-4-12-32)46-43(48-44)33-13-5-2-6-14-33/h1-27H. The Morgan fingerprint density at radius 1 is 0.408 bits per heavy atom. The molecule has 0 aliphatic rings. The molecule has 0 fully saturated rings. The fraction of sp³-hybridized carbons (Fsp3) is 0. The van der Waals surface area contributed by atoms with E-state index < -0.39 is 0 Å². The predicted molar refractivity (Wildman–Crippen MR) is 198 cm³/mol. The van der Waals surface area contributed by atoms with E-state index in [2.05, 4.69) is 102 Å². The van der Waals surface area contributed by atoms with E-state index in [9.17, 15) is 5.26 Å². The Kier molecular flexibility index (Phi) is 6.78. The minimum atomic E-state index is 0.622. The molecule has 0 unspecified atom stereocenters. The summed E-state index contributed by atoms with van der Waals surface area (Å²) in [6, 6.07) is 58.2. The van der Waals surface area contributed by atoms with Crippen molar-refractivity contribution in [1.29, 1.82) is 5.26 Å². The highest BCUT2D eigenvalue weighted by atomic mass is 15.0. The molecule has 0 amide bonds. The minimum absolute atomic E-state index is 0.622. The van der Waals surface area contributed by atoms with Crippen molar-refractivity contribution in [2.24, 2.45) is 0 Å². The molecule has 0 spiro atoms. The van der Waals surface area contributed by atoms with Gasteiger partial charge >= 0.3 is 0 Å². The summed E-state index contributed by atoms with van der Waals surface area (Å²) in [4.78, 5) is 14.6. The molecule has 49 heavy (non-hydrogen) atoms. The zero-order chi connectivity index (χ0) is 32.7. The molecule has 0 atom stereocenters. The topological polar surface area (TPSA) is 67.4 Å². The molecular weight excluding hydrogens is 599 g/mol. The van der Waals surface area contributed by atoms with Crippen LogP contribution >= 0.6 is 0 Å². The van der Waals surface area contributed by atoms with E-state index in [1.165, 1.54) is 10.8 Å². The number of hydrogen-bond donors (Lipinski definition) is 0. The highest BCUT2D eigenvalue weighted by molar-refractivity contribution is 6.12. The number of aromatic nitrogens is 4. The fourth-order valence-corrected chi connectivity index (χ4v) is 6.68. The quantitative estimate of drug-likeness (QED) is 0.191. The smallest absolute Gasteiger partial charge is 0.164 e. The van der Waals surface area contributed by atoms with E-state index >= 15 is 0 Å². The third-order valence-electron chi connectivity index (χ3n) is 9.08. The molecule has 0 saturated carbocycles. The van der Waals surface area contributed by atoms with Crippen molar-refractivity contribution in [2.45, 2.75) is 0 Å². The Morgan fingerprint density at radius 2 is 0.918 bits per heavy atom. The summed E-state index contributed by atoms with van der Waals surface area (Å²) in [6.07, 6.45) is 0. The van der Waals surface area contributed by atoms with Crippen LogP contribution in [0.1, 0.15) is 5.56 Å². The number of hydrogen-bond acceptors (Lipinski definition) is 4. The van der Waals surface area contributed by atoms with E-state index in [1.807, 2.05) is 72.8 Å². The molecule has 0 N–H and O–H groups in total. The van der Waals surface area contributed by atoms with E-state index in [0.717, 1.165) is 55.3 Å². The van der Waals surface area contributed by atoms with Crippen LogP contribution in [-0.4, -0.2) is 19.5 Å². The van der Waals surface area contributed by atoms with Crippen molar-refractivity contribution in [3.63, 3.8) is 0 Å². The summed E-state index contributed by atoms with van der Waals surface area (Å²) in [6.45, 7) is 0. The summed E-state index contributed by atoms with van der Waals surface area (Å²) in [5, 5.41) is 14.3. The summed E-state index contributed by atoms with van der Waals surface area (Å²) in [7, 11) is 0. The van der Waals surface area contributed by atoms with Gasteiger partial charge in [0.25, 0.3) is 0 Å². The third-order valence-corrected chi connectivity index (χ3v) is 9.08. The summed E-state index contributed by atoms with van der Waals surface area (Å²) >= 11 is 0. The van der Waals surface area contributed by atoms with Crippen molar-refractivity contribution in [2.75, 3.05) is 0 Å². The van der Waals surface area contributed by atoms with Crippen LogP contribution in [0.2, 0.25) is 0 Å². The van der Waals surface area contributed by atoms with Gasteiger partial charge in [0.2, 0.25) is 0 Å². The van der Waals surface area contributed by atoms with Gasteiger partial charge in [-0.1, -0.05) is 127 Å². The number of nitrogens with zero attached hydrogens (tertiary/aromatic N) is 5. The molecule has 9 aromatic rings. The molecule has 228 valence electrons. The maximum Gasteiger partial charge on any atom is 0.164 e. The van der Waals surface area contributed by atoms with Gasteiger partial charge in [0.15, 0.2) is 17.5 Å². The lowest BCUT2D eigenvalue weighted by atomic mass is 10.0. The first kappa shape index (κ1) is 28.3. The second-order valence-corrected chi connectivity index (χ2v) is 12.0. The first-order valence-electron chi connectivity index (χ1n) is 16.2. The molecule has 0 bridgehead atoms. The molecule has 0 aliphatic heterocycles. The first-order valence-corrected chi connectivity index (χ1v) is 16.2. The van der Waals surface area contributed by atoms with Gasteiger partial charge < -0.3 is 4.57 Å². The normalized spacial score (nSPS) is 11.2. The monoisotopic (exact) mass is 625 g/mol. The van der Waals surface area contributed by atoms with Gasteiger partial charge in [-0.3, -0.25) is 0 Å². The average Bonchev–Trinajstić information content (AvgIpc) is 3.51. The first-order chi connectivity index (χ1) is 24.2. The maximum atomic E-state index is 9.78. The maximum absolute atomic E-state index is 9.78. The Labute approximate surface area is 283 Å². The third kappa shape index (κ3) is 5.00. The van der Waals surface area contributed by atoms with Gasteiger partial charge in [-0.15, -0.1) is 0 Å². The predicted octanol–water partition coefficient (Wildman–Crippen LogP) is 10.7. The lowest BCUT2D eigenvalue weighted by Crippen LogP contribution is -2.00. The van der Waals surface area contributed by atoms with Gasteiger partial charge in [-0.2, -0.15) is 5.26 Å². The fourth-order valence-electron chi connectivity index (χ4n) is 6.68. The lowest BCUT2D eigenvalue weighted by molar-refractivity contribution is 1.07.